The lowest BCUT2D eigenvalue weighted by Gasteiger charge is -2.07. The molecule has 7 nitrogen and oxygen atoms in total. The van der Waals surface area contributed by atoms with Crippen LogP contribution in [0.5, 0.6) is 0 Å². The Morgan fingerprint density at radius 2 is 1.93 bits per heavy atom. The summed E-state index contributed by atoms with van der Waals surface area (Å²) >= 11 is 1.60. The normalized spacial score (nSPS) is 11.4. The summed E-state index contributed by atoms with van der Waals surface area (Å²) in [4.78, 5) is 0.916. The van der Waals surface area contributed by atoms with E-state index < -0.39 is 0 Å². The maximum atomic E-state index is 4.35. The minimum absolute atomic E-state index is 0.658. The Morgan fingerprint density at radius 3 is 2.71 bits per heavy atom. The van der Waals surface area contributed by atoms with Gasteiger partial charge in [0.2, 0.25) is 0 Å². The van der Waals surface area contributed by atoms with E-state index in [4.69, 9.17) is 0 Å². The fourth-order valence-corrected chi connectivity index (χ4v) is 4.33. The number of hydrogen-bond acceptors (Lipinski definition) is 7. The third-order valence-corrected chi connectivity index (χ3v) is 5.96. The maximum absolute atomic E-state index is 4.35. The van der Waals surface area contributed by atoms with E-state index in [0.29, 0.717) is 6.54 Å². The number of aromatic nitrogens is 6. The number of rotatable bonds is 4. The average Bonchev–Trinajstić information content (AvgIpc) is 3.38. The number of nitrogens with one attached hydrogen (secondary N) is 1. The zero-order valence-electron chi connectivity index (χ0n) is 15.4. The number of thiophene rings is 1. The first-order chi connectivity index (χ1) is 13.7. The van der Waals surface area contributed by atoms with E-state index in [1.165, 1.54) is 0 Å². The predicted octanol–water partition coefficient (Wildman–Crippen LogP) is 4.05. The van der Waals surface area contributed by atoms with Crippen molar-refractivity contribution in [3.05, 3.63) is 65.7 Å². The third-order valence-electron chi connectivity index (χ3n) is 4.86. The van der Waals surface area contributed by atoms with Crippen LogP contribution in [0.1, 0.15) is 16.8 Å². The van der Waals surface area contributed by atoms with Gasteiger partial charge in [0.15, 0.2) is 5.82 Å². The molecule has 0 aliphatic heterocycles. The van der Waals surface area contributed by atoms with Gasteiger partial charge in [0, 0.05) is 29.7 Å². The topological polar surface area (TPSA) is 81.4 Å². The molecule has 28 heavy (non-hydrogen) atoms. The van der Waals surface area contributed by atoms with Crippen LogP contribution in [-0.4, -0.2) is 30.2 Å². The first-order valence-electron chi connectivity index (χ1n) is 8.91. The molecule has 0 saturated heterocycles. The molecule has 4 heterocycles. The molecule has 5 rings (SSSR count). The second-order valence-corrected chi connectivity index (χ2v) is 7.60. The molecule has 0 atom stereocenters. The minimum atomic E-state index is 0.658. The van der Waals surface area contributed by atoms with Gasteiger partial charge >= 0.3 is 0 Å². The maximum Gasteiger partial charge on any atom is 0.167 e. The Hall–Kier alpha value is -3.39. The average molecular weight is 387 g/mol. The van der Waals surface area contributed by atoms with Crippen molar-refractivity contribution in [1.29, 1.82) is 0 Å². The monoisotopic (exact) mass is 387 g/mol. The molecule has 0 aliphatic carbocycles. The summed E-state index contributed by atoms with van der Waals surface area (Å²) < 4.78 is 2.90. The molecule has 0 unspecified atom stereocenters. The molecule has 8 heteroatoms. The number of fused-ring (bicyclic) bond motifs is 3. The van der Waals surface area contributed by atoms with Gasteiger partial charge in [-0.1, -0.05) is 12.1 Å². The van der Waals surface area contributed by atoms with Crippen molar-refractivity contribution in [2.45, 2.75) is 20.4 Å². The van der Waals surface area contributed by atoms with Gasteiger partial charge in [-0.2, -0.15) is 15.3 Å². The molecule has 138 valence electrons. The highest BCUT2D eigenvalue weighted by Crippen LogP contribution is 2.37. The highest BCUT2D eigenvalue weighted by molar-refractivity contribution is 7.26. The molecule has 4 aromatic heterocycles. The summed E-state index contributed by atoms with van der Waals surface area (Å²) in [6, 6.07) is 10.2. The molecule has 0 fully saturated rings. The molecular formula is C20H17N7S. The lowest BCUT2D eigenvalue weighted by molar-refractivity contribution is 0.879. The van der Waals surface area contributed by atoms with Gasteiger partial charge in [0.1, 0.15) is 4.83 Å². The van der Waals surface area contributed by atoms with Crippen molar-refractivity contribution in [3.8, 4) is 5.69 Å². The number of nitrogens with zero attached hydrogens (tertiary/aromatic N) is 6. The Balaban J connectivity index is 1.45. The lowest BCUT2D eigenvalue weighted by atomic mass is 10.1. The molecule has 0 radical (unpaired) electrons. The van der Waals surface area contributed by atoms with Gasteiger partial charge in [0.05, 0.1) is 22.3 Å². The van der Waals surface area contributed by atoms with E-state index in [0.717, 1.165) is 48.6 Å². The predicted molar refractivity (Wildman–Crippen MR) is 111 cm³/mol. The third kappa shape index (κ3) is 2.78. The largest absolute Gasteiger partial charge is 0.363 e. The zero-order chi connectivity index (χ0) is 19.1. The van der Waals surface area contributed by atoms with E-state index in [1.54, 1.807) is 17.5 Å². The summed E-state index contributed by atoms with van der Waals surface area (Å²) in [6.07, 6.45) is 5.51. The molecular weight excluding hydrogens is 370 g/mol. The summed E-state index contributed by atoms with van der Waals surface area (Å²) in [6.45, 7) is 4.71. The fraction of sp³-hybridized carbons (Fsp3) is 0.150. The summed E-state index contributed by atoms with van der Waals surface area (Å²) in [5.41, 5.74) is 4.27. The van der Waals surface area contributed by atoms with Crippen LogP contribution in [0.15, 0.2) is 48.9 Å². The van der Waals surface area contributed by atoms with E-state index in [2.05, 4.69) is 62.0 Å². The van der Waals surface area contributed by atoms with Gasteiger partial charge in [0.25, 0.3) is 0 Å². The minimum Gasteiger partial charge on any atom is -0.363 e. The summed E-state index contributed by atoms with van der Waals surface area (Å²) in [7, 11) is 0. The number of hydrogen-bond donors (Lipinski definition) is 1. The van der Waals surface area contributed by atoms with Gasteiger partial charge in [-0.05, 0) is 43.2 Å². The fourth-order valence-electron chi connectivity index (χ4n) is 3.22. The van der Waals surface area contributed by atoms with Gasteiger partial charge < -0.3 is 5.32 Å². The number of aryl methyl sites for hydroxylation is 2. The summed E-state index contributed by atoms with van der Waals surface area (Å²) in [5, 5.41) is 27.0. The molecule has 1 N–H and O–H groups in total. The van der Waals surface area contributed by atoms with Gasteiger partial charge in [-0.25, -0.2) is 4.68 Å². The Kier molecular flexibility index (Phi) is 3.98. The highest BCUT2D eigenvalue weighted by atomic mass is 32.1. The van der Waals surface area contributed by atoms with E-state index in [-0.39, 0.29) is 0 Å². The van der Waals surface area contributed by atoms with Crippen molar-refractivity contribution in [2.24, 2.45) is 0 Å². The molecule has 0 aliphatic rings. The number of anilines is 1. The molecule has 5 aromatic rings. The Morgan fingerprint density at radius 1 is 1.07 bits per heavy atom. The first kappa shape index (κ1) is 16.8. The van der Waals surface area contributed by atoms with Gasteiger partial charge in [-0.15, -0.1) is 21.5 Å². The van der Waals surface area contributed by atoms with Crippen LogP contribution in [0.2, 0.25) is 0 Å². The van der Waals surface area contributed by atoms with Crippen LogP contribution < -0.4 is 5.32 Å². The molecule has 0 bridgehead atoms. The van der Waals surface area contributed by atoms with Crippen molar-refractivity contribution in [3.63, 3.8) is 0 Å². The second-order valence-electron chi connectivity index (χ2n) is 6.60. The Bertz CT molecular complexity index is 1270. The van der Waals surface area contributed by atoms with Crippen LogP contribution in [-0.2, 0) is 6.54 Å². The molecule has 0 saturated carbocycles. The zero-order valence-corrected chi connectivity index (χ0v) is 16.2. The van der Waals surface area contributed by atoms with Crippen LogP contribution in [0.3, 0.4) is 0 Å². The van der Waals surface area contributed by atoms with Crippen molar-refractivity contribution in [2.75, 3.05) is 5.32 Å². The lowest BCUT2D eigenvalue weighted by Crippen LogP contribution is -2.03. The summed E-state index contributed by atoms with van der Waals surface area (Å²) in [5.74, 6) is 0.772. The number of benzene rings is 1. The van der Waals surface area contributed by atoms with E-state index >= 15 is 0 Å². The first-order valence-corrected chi connectivity index (χ1v) is 9.73. The van der Waals surface area contributed by atoms with Crippen LogP contribution >= 0.6 is 11.3 Å². The standard InChI is InChI=1S/C20H17N7S/c1-12-13(2)24-26-20-17(12)16-11-22-25-19(18(16)28-20)21-10-14-4-6-15(7-5-14)27-9-3-8-23-27/h3-9,11H,10H2,1-2H3,(H,21,25). The van der Waals surface area contributed by atoms with Gasteiger partial charge in [-0.3, -0.25) is 0 Å². The molecule has 0 spiro atoms. The van der Waals surface area contributed by atoms with E-state index in [9.17, 15) is 0 Å². The van der Waals surface area contributed by atoms with Crippen molar-refractivity contribution < 1.29 is 0 Å². The molecule has 0 amide bonds. The highest BCUT2D eigenvalue weighted by Gasteiger charge is 2.15. The van der Waals surface area contributed by atoms with Crippen molar-refractivity contribution in [1.82, 2.24) is 30.2 Å². The Labute approximate surface area is 165 Å². The van der Waals surface area contributed by atoms with Crippen LogP contribution in [0, 0.1) is 13.8 Å². The van der Waals surface area contributed by atoms with E-state index in [1.807, 2.05) is 30.1 Å². The smallest absolute Gasteiger partial charge is 0.167 e. The van der Waals surface area contributed by atoms with Crippen molar-refractivity contribution >= 4 is 37.5 Å². The van der Waals surface area contributed by atoms with Crippen LogP contribution in [0.25, 0.3) is 26.0 Å². The van der Waals surface area contributed by atoms with Crippen LogP contribution in [0.4, 0.5) is 5.82 Å². The second kappa shape index (κ2) is 6.65. The molecule has 1 aromatic carbocycles. The SMILES string of the molecule is Cc1nnc2sc3c(NCc4ccc(-n5cccn5)cc4)nncc3c2c1C. The quantitative estimate of drug-likeness (QED) is 0.501.